The number of fused-ring (bicyclic) bond motifs is 2. The van der Waals surface area contributed by atoms with Gasteiger partial charge in [0.25, 0.3) is 0 Å². The van der Waals surface area contributed by atoms with E-state index in [9.17, 15) is 0 Å². The molecule has 0 aromatic heterocycles. The van der Waals surface area contributed by atoms with E-state index in [-0.39, 0.29) is 0 Å². The molecule has 0 aliphatic rings. The molecule has 0 saturated heterocycles. The molecule has 2 radical (unpaired) electrons. The monoisotopic (exact) mass is 244 g/mol. The van der Waals surface area contributed by atoms with Crippen molar-refractivity contribution in [2.45, 2.75) is 0 Å². The predicted octanol–water partition coefficient (Wildman–Crippen LogP) is 4.90. The van der Waals surface area contributed by atoms with E-state index in [1.807, 2.05) is 24.3 Å². The lowest BCUT2D eigenvalue weighted by atomic mass is 10.0. The molecular weight excluding hydrogens is 239 g/mol. The van der Waals surface area contributed by atoms with E-state index in [2.05, 4.69) is 24.3 Å². The Balaban J connectivity index is 2.44. The van der Waals surface area contributed by atoms with Crippen LogP contribution in [-0.2, 0) is 0 Å². The fourth-order valence-corrected chi connectivity index (χ4v) is 2.16. The summed E-state index contributed by atoms with van der Waals surface area (Å²) >= 11 is 11.8. The molecule has 3 aromatic rings. The summed E-state index contributed by atoms with van der Waals surface area (Å²) < 4.78 is 0. The van der Waals surface area contributed by atoms with E-state index < -0.39 is 0 Å². The lowest BCUT2D eigenvalue weighted by Crippen LogP contribution is -1.77. The Morgan fingerprint density at radius 3 is 1.50 bits per heavy atom. The minimum absolute atomic E-state index is 0.629. The number of hydrogen-bond donors (Lipinski definition) is 0. The lowest BCUT2D eigenvalue weighted by molar-refractivity contribution is 1.74. The normalized spacial score (nSPS) is 11.1. The number of hydrogen-bond acceptors (Lipinski definition) is 0. The van der Waals surface area contributed by atoms with Crippen LogP contribution < -0.4 is 0 Å². The van der Waals surface area contributed by atoms with Gasteiger partial charge in [0, 0.05) is 22.2 Å². The van der Waals surface area contributed by atoms with Crippen LogP contribution in [0.4, 0.5) is 0 Å². The van der Waals surface area contributed by atoms with Crippen molar-refractivity contribution in [3.8, 4) is 0 Å². The number of halogens is 2. The summed E-state index contributed by atoms with van der Waals surface area (Å²) in [6, 6.07) is 17.7. The second kappa shape index (κ2) is 3.65. The molecule has 0 bridgehead atoms. The molecule has 2 heteroatoms. The van der Waals surface area contributed by atoms with Crippen molar-refractivity contribution in [2.75, 3.05) is 0 Å². The van der Waals surface area contributed by atoms with Crippen LogP contribution >= 0.6 is 23.2 Å². The topological polar surface area (TPSA) is 0 Å². The van der Waals surface area contributed by atoms with Crippen molar-refractivity contribution >= 4 is 44.7 Å². The highest BCUT2D eigenvalue weighted by Crippen LogP contribution is 2.26. The minimum atomic E-state index is 0.629. The zero-order valence-corrected chi connectivity index (χ0v) is 9.73. The molecule has 0 saturated carbocycles. The largest absolute Gasteiger partial charge is 0.0836 e. The Kier molecular flexibility index (Phi) is 2.27. The Morgan fingerprint density at radius 2 is 1.06 bits per heavy atom. The third-order valence-corrected chi connectivity index (χ3v) is 3.02. The van der Waals surface area contributed by atoms with Crippen molar-refractivity contribution in [3.63, 3.8) is 0 Å². The van der Waals surface area contributed by atoms with Crippen LogP contribution in [0.3, 0.4) is 0 Å². The molecule has 0 unspecified atom stereocenters. The van der Waals surface area contributed by atoms with E-state index in [4.69, 9.17) is 23.2 Å². The second-order valence-electron chi connectivity index (χ2n) is 3.67. The molecule has 0 N–H and O–H groups in total. The first-order chi connectivity index (χ1) is 7.72. The van der Waals surface area contributed by atoms with Gasteiger partial charge in [-0.1, -0.05) is 23.2 Å². The SMILES string of the molecule is Clc1[c]cc2cc3cc(Cl)[c]cc3cc2c1. The van der Waals surface area contributed by atoms with E-state index >= 15 is 0 Å². The highest BCUT2D eigenvalue weighted by Gasteiger charge is 2.00. The minimum Gasteiger partial charge on any atom is -0.0836 e. The van der Waals surface area contributed by atoms with E-state index in [0.29, 0.717) is 10.0 Å². The highest BCUT2D eigenvalue weighted by atomic mass is 35.5. The molecule has 0 atom stereocenters. The zero-order valence-electron chi connectivity index (χ0n) is 8.22. The molecule has 0 heterocycles. The van der Waals surface area contributed by atoms with Gasteiger partial charge in [-0.3, -0.25) is 0 Å². The first kappa shape index (κ1) is 9.95. The zero-order chi connectivity index (χ0) is 11.1. The van der Waals surface area contributed by atoms with Gasteiger partial charge in [0.2, 0.25) is 0 Å². The van der Waals surface area contributed by atoms with Crippen LogP contribution in [0, 0.1) is 12.1 Å². The third kappa shape index (κ3) is 1.64. The van der Waals surface area contributed by atoms with Crippen molar-refractivity contribution in [1.82, 2.24) is 0 Å². The van der Waals surface area contributed by atoms with Crippen LogP contribution in [-0.4, -0.2) is 0 Å². The molecule has 0 spiro atoms. The number of benzene rings is 3. The maximum Gasteiger partial charge on any atom is 0.0491 e. The van der Waals surface area contributed by atoms with Gasteiger partial charge >= 0.3 is 0 Å². The third-order valence-electron chi connectivity index (χ3n) is 2.58. The van der Waals surface area contributed by atoms with Crippen molar-refractivity contribution in [2.24, 2.45) is 0 Å². The summed E-state index contributed by atoms with van der Waals surface area (Å²) in [7, 11) is 0. The van der Waals surface area contributed by atoms with Gasteiger partial charge in [-0.25, -0.2) is 0 Å². The van der Waals surface area contributed by atoms with Crippen molar-refractivity contribution in [3.05, 3.63) is 58.6 Å². The molecule has 16 heavy (non-hydrogen) atoms. The summed E-state index contributed by atoms with van der Waals surface area (Å²) in [4.78, 5) is 0. The standard InChI is InChI=1S/C14H6Cl2/c15-13-3-1-9-5-12-8-14(16)4-2-10(12)6-11(9)7-13/h1-2,5-8H. The molecule has 3 aromatic carbocycles. The molecule has 0 nitrogen and oxygen atoms in total. The van der Waals surface area contributed by atoms with E-state index in [0.717, 1.165) is 21.5 Å². The molecular formula is C14H6Cl2. The summed E-state index contributed by atoms with van der Waals surface area (Å²) in [5, 5.41) is 5.69. The van der Waals surface area contributed by atoms with Crippen LogP contribution in [0.5, 0.6) is 0 Å². The van der Waals surface area contributed by atoms with Gasteiger partial charge < -0.3 is 0 Å². The van der Waals surface area contributed by atoms with Gasteiger partial charge in [0.15, 0.2) is 0 Å². The number of rotatable bonds is 0. The van der Waals surface area contributed by atoms with Crippen LogP contribution in [0.15, 0.2) is 36.4 Å². The molecule has 0 amide bonds. The summed E-state index contributed by atoms with van der Waals surface area (Å²) in [5.41, 5.74) is 0. The van der Waals surface area contributed by atoms with Crippen LogP contribution in [0.2, 0.25) is 10.0 Å². The van der Waals surface area contributed by atoms with Gasteiger partial charge in [-0.05, 0) is 57.9 Å². The molecule has 3 rings (SSSR count). The molecule has 0 aliphatic carbocycles. The van der Waals surface area contributed by atoms with Gasteiger partial charge in [-0.2, -0.15) is 0 Å². The first-order valence-corrected chi connectivity index (χ1v) is 5.60. The average molecular weight is 245 g/mol. The van der Waals surface area contributed by atoms with Crippen molar-refractivity contribution in [1.29, 1.82) is 0 Å². The first-order valence-electron chi connectivity index (χ1n) is 4.84. The van der Waals surface area contributed by atoms with Crippen molar-refractivity contribution < 1.29 is 0 Å². The fourth-order valence-electron chi connectivity index (χ4n) is 1.82. The lowest BCUT2D eigenvalue weighted by Gasteiger charge is -2.02. The van der Waals surface area contributed by atoms with Crippen LogP contribution in [0.1, 0.15) is 0 Å². The average Bonchev–Trinajstić information content (AvgIpc) is 2.26. The molecule has 0 fully saturated rings. The Bertz CT molecular complexity index is 625. The highest BCUT2D eigenvalue weighted by molar-refractivity contribution is 6.32. The molecule has 0 aliphatic heterocycles. The Morgan fingerprint density at radius 1 is 0.625 bits per heavy atom. The van der Waals surface area contributed by atoms with Gasteiger partial charge in [-0.15, -0.1) is 0 Å². The maximum atomic E-state index is 5.91. The fraction of sp³-hybridized carbons (Fsp3) is 0. The molecule has 76 valence electrons. The second-order valence-corrected chi connectivity index (χ2v) is 4.49. The Hall–Kier alpha value is -1.24. The summed E-state index contributed by atoms with van der Waals surface area (Å²) in [6.07, 6.45) is 0. The quantitative estimate of drug-likeness (QED) is 0.494. The predicted molar refractivity (Wildman–Crippen MR) is 69.1 cm³/mol. The van der Waals surface area contributed by atoms with Crippen LogP contribution in [0.25, 0.3) is 21.5 Å². The smallest absolute Gasteiger partial charge is 0.0491 e. The maximum absolute atomic E-state index is 5.91. The summed E-state index contributed by atoms with van der Waals surface area (Å²) in [5.74, 6) is 0. The Labute approximate surface area is 103 Å². The van der Waals surface area contributed by atoms with Gasteiger partial charge in [0.1, 0.15) is 0 Å². The van der Waals surface area contributed by atoms with E-state index in [1.54, 1.807) is 0 Å². The van der Waals surface area contributed by atoms with E-state index in [1.165, 1.54) is 0 Å². The summed E-state index contributed by atoms with van der Waals surface area (Å²) in [6.45, 7) is 0. The van der Waals surface area contributed by atoms with Gasteiger partial charge in [0.05, 0.1) is 0 Å².